The van der Waals surface area contributed by atoms with E-state index in [-0.39, 0.29) is 5.63 Å². The Bertz CT molecular complexity index is 977. The van der Waals surface area contributed by atoms with Gasteiger partial charge in [0.15, 0.2) is 0 Å². The summed E-state index contributed by atoms with van der Waals surface area (Å²) in [7, 11) is 0. The predicted octanol–water partition coefficient (Wildman–Crippen LogP) is 5.94. The van der Waals surface area contributed by atoms with E-state index >= 15 is 0 Å². The molecule has 2 aromatic carbocycles. The minimum atomic E-state index is -0.336. The second-order valence-electron chi connectivity index (χ2n) is 5.93. The van der Waals surface area contributed by atoms with Crippen molar-refractivity contribution in [2.45, 2.75) is 33.3 Å². The zero-order chi connectivity index (χ0) is 18.0. The van der Waals surface area contributed by atoms with Crippen LogP contribution in [0.25, 0.3) is 11.0 Å². The van der Waals surface area contributed by atoms with Gasteiger partial charge < -0.3 is 9.15 Å². The van der Waals surface area contributed by atoms with Crippen molar-refractivity contribution in [1.82, 2.24) is 0 Å². The van der Waals surface area contributed by atoms with Crippen molar-refractivity contribution in [3.8, 4) is 5.75 Å². The van der Waals surface area contributed by atoms with Gasteiger partial charge in [0.25, 0.3) is 0 Å². The van der Waals surface area contributed by atoms with Crippen LogP contribution in [0.1, 0.15) is 30.0 Å². The molecule has 0 saturated heterocycles. The van der Waals surface area contributed by atoms with Crippen molar-refractivity contribution >= 4 is 34.2 Å². The van der Waals surface area contributed by atoms with Gasteiger partial charge in [-0.05, 0) is 43.2 Å². The molecule has 3 nitrogen and oxygen atoms in total. The standard InChI is InChI=1S/C20H18Cl2O3/c1-3-4-13-9-19(23)25-20-12(2)18(8-7-16(13)20)24-11-14-5-6-15(21)10-17(14)22/h5-10H,3-4,11H2,1-2H3. The summed E-state index contributed by atoms with van der Waals surface area (Å²) in [6.07, 6.45) is 1.80. The minimum absolute atomic E-state index is 0.307. The molecule has 130 valence electrons. The van der Waals surface area contributed by atoms with E-state index in [9.17, 15) is 4.79 Å². The Kier molecular flexibility index (Phi) is 5.36. The summed E-state index contributed by atoms with van der Waals surface area (Å²) in [6.45, 7) is 4.28. The summed E-state index contributed by atoms with van der Waals surface area (Å²) in [5.74, 6) is 0.662. The van der Waals surface area contributed by atoms with Gasteiger partial charge in [-0.2, -0.15) is 0 Å². The number of benzene rings is 2. The van der Waals surface area contributed by atoms with Crippen LogP contribution in [-0.2, 0) is 13.0 Å². The first-order valence-corrected chi connectivity index (χ1v) is 8.88. The van der Waals surface area contributed by atoms with Crippen molar-refractivity contribution in [2.24, 2.45) is 0 Å². The molecule has 0 radical (unpaired) electrons. The van der Waals surface area contributed by atoms with E-state index < -0.39 is 0 Å². The molecule has 0 spiro atoms. The SMILES string of the molecule is CCCc1cc(=O)oc2c(C)c(OCc3ccc(Cl)cc3Cl)ccc12. The monoisotopic (exact) mass is 376 g/mol. The van der Waals surface area contributed by atoms with Crippen LogP contribution in [0, 0.1) is 6.92 Å². The molecule has 0 fully saturated rings. The number of ether oxygens (including phenoxy) is 1. The second kappa shape index (κ2) is 7.51. The Hall–Kier alpha value is -1.97. The van der Waals surface area contributed by atoms with Gasteiger partial charge in [-0.15, -0.1) is 0 Å². The normalized spacial score (nSPS) is 11.0. The van der Waals surface area contributed by atoms with Crippen molar-refractivity contribution in [2.75, 3.05) is 0 Å². The van der Waals surface area contributed by atoms with E-state index in [1.165, 1.54) is 0 Å². The summed E-state index contributed by atoms with van der Waals surface area (Å²) < 4.78 is 11.3. The molecule has 0 atom stereocenters. The summed E-state index contributed by atoms with van der Waals surface area (Å²) in [5, 5.41) is 2.10. The van der Waals surface area contributed by atoms with Crippen molar-refractivity contribution in [1.29, 1.82) is 0 Å². The lowest BCUT2D eigenvalue weighted by atomic mass is 10.0. The number of halogens is 2. The first-order chi connectivity index (χ1) is 12.0. The summed E-state index contributed by atoms with van der Waals surface area (Å²) >= 11 is 12.1. The van der Waals surface area contributed by atoms with E-state index in [4.69, 9.17) is 32.4 Å². The number of hydrogen-bond donors (Lipinski definition) is 0. The topological polar surface area (TPSA) is 39.4 Å². The van der Waals surface area contributed by atoms with E-state index in [1.54, 1.807) is 18.2 Å². The molecule has 1 heterocycles. The lowest BCUT2D eigenvalue weighted by Crippen LogP contribution is -2.03. The van der Waals surface area contributed by atoms with Crippen LogP contribution in [-0.4, -0.2) is 0 Å². The van der Waals surface area contributed by atoms with Crippen LogP contribution in [0.15, 0.2) is 45.6 Å². The van der Waals surface area contributed by atoms with Gasteiger partial charge in [-0.3, -0.25) is 0 Å². The Morgan fingerprint density at radius 2 is 1.88 bits per heavy atom. The molecule has 5 heteroatoms. The quantitative estimate of drug-likeness (QED) is 0.517. The van der Waals surface area contributed by atoms with Crippen molar-refractivity contribution < 1.29 is 9.15 Å². The van der Waals surface area contributed by atoms with E-state index in [0.29, 0.717) is 28.0 Å². The number of fused-ring (bicyclic) bond motifs is 1. The van der Waals surface area contributed by atoms with Crippen LogP contribution in [0.4, 0.5) is 0 Å². The fraction of sp³-hybridized carbons (Fsp3) is 0.250. The molecular weight excluding hydrogens is 359 g/mol. The molecule has 0 aliphatic carbocycles. The highest BCUT2D eigenvalue weighted by atomic mass is 35.5. The van der Waals surface area contributed by atoms with E-state index in [2.05, 4.69) is 6.92 Å². The number of aryl methyl sites for hydroxylation is 2. The van der Waals surface area contributed by atoms with Crippen LogP contribution in [0.3, 0.4) is 0 Å². The number of rotatable bonds is 5. The molecular formula is C20H18Cl2O3. The maximum atomic E-state index is 11.9. The average molecular weight is 377 g/mol. The lowest BCUT2D eigenvalue weighted by molar-refractivity contribution is 0.304. The molecule has 0 aliphatic rings. The number of hydrogen-bond acceptors (Lipinski definition) is 3. The Balaban J connectivity index is 1.95. The molecule has 0 amide bonds. The van der Waals surface area contributed by atoms with Crippen LogP contribution in [0.5, 0.6) is 5.75 Å². The minimum Gasteiger partial charge on any atom is -0.488 e. The van der Waals surface area contributed by atoms with Crippen LogP contribution < -0.4 is 10.4 Å². The highest BCUT2D eigenvalue weighted by Crippen LogP contribution is 2.30. The van der Waals surface area contributed by atoms with Crippen molar-refractivity contribution in [3.05, 3.63) is 73.6 Å². The lowest BCUT2D eigenvalue weighted by Gasteiger charge is -2.13. The molecule has 1 aromatic heterocycles. The third kappa shape index (κ3) is 3.83. The summed E-state index contributed by atoms with van der Waals surface area (Å²) in [5.41, 5.74) is 2.89. The zero-order valence-corrected chi connectivity index (χ0v) is 15.6. The molecule has 0 aliphatic heterocycles. The van der Waals surface area contributed by atoms with Crippen LogP contribution >= 0.6 is 23.2 Å². The molecule has 25 heavy (non-hydrogen) atoms. The van der Waals surface area contributed by atoms with E-state index in [0.717, 1.165) is 34.9 Å². The second-order valence-corrected chi connectivity index (χ2v) is 6.77. The fourth-order valence-electron chi connectivity index (χ4n) is 2.83. The third-order valence-corrected chi connectivity index (χ3v) is 4.70. The average Bonchev–Trinajstić information content (AvgIpc) is 2.56. The van der Waals surface area contributed by atoms with Gasteiger partial charge in [0.2, 0.25) is 0 Å². The Morgan fingerprint density at radius 1 is 1.08 bits per heavy atom. The molecule has 0 saturated carbocycles. The highest BCUT2D eigenvalue weighted by Gasteiger charge is 2.12. The summed E-state index contributed by atoms with van der Waals surface area (Å²) in [4.78, 5) is 11.9. The molecule has 0 unspecified atom stereocenters. The maximum Gasteiger partial charge on any atom is 0.336 e. The highest BCUT2D eigenvalue weighted by molar-refractivity contribution is 6.35. The molecule has 3 rings (SSSR count). The Labute approximate surface area is 156 Å². The summed E-state index contributed by atoms with van der Waals surface area (Å²) in [6, 6.07) is 10.7. The largest absolute Gasteiger partial charge is 0.488 e. The predicted molar refractivity (Wildman–Crippen MR) is 102 cm³/mol. The fourth-order valence-corrected chi connectivity index (χ4v) is 3.30. The van der Waals surface area contributed by atoms with Gasteiger partial charge in [-0.1, -0.05) is 42.6 Å². The smallest absolute Gasteiger partial charge is 0.336 e. The molecule has 0 bridgehead atoms. The third-order valence-electron chi connectivity index (χ3n) is 4.11. The van der Waals surface area contributed by atoms with Crippen molar-refractivity contribution in [3.63, 3.8) is 0 Å². The maximum absolute atomic E-state index is 11.9. The van der Waals surface area contributed by atoms with Gasteiger partial charge in [0.05, 0.1) is 0 Å². The molecule has 0 N–H and O–H groups in total. The van der Waals surface area contributed by atoms with Gasteiger partial charge in [-0.25, -0.2) is 4.79 Å². The van der Waals surface area contributed by atoms with Crippen LogP contribution in [0.2, 0.25) is 10.0 Å². The first kappa shape index (κ1) is 17.8. The Morgan fingerprint density at radius 3 is 2.60 bits per heavy atom. The van der Waals surface area contributed by atoms with Gasteiger partial charge >= 0.3 is 5.63 Å². The van der Waals surface area contributed by atoms with E-state index in [1.807, 2.05) is 25.1 Å². The zero-order valence-electron chi connectivity index (χ0n) is 14.1. The van der Waals surface area contributed by atoms with Gasteiger partial charge in [0.1, 0.15) is 17.9 Å². The first-order valence-electron chi connectivity index (χ1n) is 8.12. The molecule has 3 aromatic rings. The van der Waals surface area contributed by atoms with Gasteiger partial charge in [0, 0.05) is 32.6 Å².